The predicted octanol–water partition coefficient (Wildman–Crippen LogP) is 2.34. The molecule has 0 aliphatic carbocycles. The van der Waals surface area contributed by atoms with Crippen molar-refractivity contribution in [3.63, 3.8) is 0 Å². The van der Waals surface area contributed by atoms with E-state index >= 15 is 0 Å². The van der Waals surface area contributed by atoms with E-state index in [0.29, 0.717) is 12.3 Å². The van der Waals surface area contributed by atoms with Crippen molar-refractivity contribution in [1.82, 2.24) is 0 Å². The Bertz CT molecular complexity index is 342. The number of carbonyl (C=O) groups is 1. The van der Waals surface area contributed by atoms with E-state index in [9.17, 15) is 4.79 Å². The summed E-state index contributed by atoms with van der Waals surface area (Å²) in [6.45, 7) is 2.50. The first-order chi connectivity index (χ1) is 6.63. The Balaban J connectivity index is 2.83. The first-order valence-electron chi connectivity index (χ1n) is 4.12. The summed E-state index contributed by atoms with van der Waals surface area (Å²) in [5.74, 6) is 0.738. The van der Waals surface area contributed by atoms with Crippen LogP contribution in [0.3, 0.4) is 0 Å². The highest BCUT2D eigenvalue weighted by molar-refractivity contribution is 9.10. The number of nitrogens with one attached hydrogen (secondary N) is 1. The number of hydrogen-bond donors (Lipinski definition) is 2. The van der Waals surface area contributed by atoms with Crippen molar-refractivity contribution >= 4 is 27.6 Å². The first kappa shape index (κ1) is 10.8. The zero-order valence-electron chi connectivity index (χ0n) is 7.71. The standard InChI is InChI=1S/C9H11BrN2O2/c1-2-14-8-4-3-6(5-7(8)10)12-9(11)13/h3-5H,2H2,1H3,(H3,11,12,13). The lowest BCUT2D eigenvalue weighted by molar-refractivity contribution is 0.259. The van der Waals surface area contributed by atoms with Crippen LogP contribution in [0.2, 0.25) is 0 Å². The molecule has 1 aromatic rings. The molecule has 0 saturated carbocycles. The van der Waals surface area contributed by atoms with Gasteiger partial charge in [0.2, 0.25) is 0 Å². The summed E-state index contributed by atoms with van der Waals surface area (Å²) in [6.07, 6.45) is 0. The number of urea groups is 1. The van der Waals surface area contributed by atoms with Crippen LogP contribution >= 0.6 is 15.9 Å². The molecule has 0 bridgehead atoms. The zero-order valence-corrected chi connectivity index (χ0v) is 9.30. The average molecular weight is 259 g/mol. The van der Waals surface area contributed by atoms with E-state index in [1.165, 1.54) is 0 Å². The maximum atomic E-state index is 10.6. The molecule has 0 heterocycles. The van der Waals surface area contributed by atoms with Crippen LogP contribution in [-0.2, 0) is 0 Å². The number of nitrogens with two attached hydrogens (primary N) is 1. The van der Waals surface area contributed by atoms with E-state index in [2.05, 4.69) is 21.2 Å². The summed E-state index contributed by atoms with van der Waals surface area (Å²) >= 11 is 3.32. The molecule has 0 aliphatic rings. The third-order valence-electron chi connectivity index (χ3n) is 1.50. The van der Waals surface area contributed by atoms with Crippen LogP contribution < -0.4 is 15.8 Å². The first-order valence-corrected chi connectivity index (χ1v) is 4.91. The van der Waals surface area contributed by atoms with Crippen LogP contribution in [0.1, 0.15) is 6.92 Å². The molecule has 5 heteroatoms. The number of benzene rings is 1. The Kier molecular flexibility index (Phi) is 3.76. The number of carbonyl (C=O) groups excluding carboxylic acids is 1. The molecule has 0 unspecified atom stereocenters. The van der Waals surface area contributed by atoms with Crippen LogP contribution in [0.15, 0.2) is 22.7 Å². The van der Waals surface area contributed by atoms with E-state index < -0.39 is 6.03 Å². The monoisotopic (exact) mass is 258 g/mol. The van der Waals surface area contributed by atoms with Crippen molar-refractivity contribution in [2.24, 2.45) is 5.73 Å². The second-order valence-corrected chi connectivity index (χ2v) is 3.42. The largest absolute Gasteiger partial charge is 0.493 e. The molecular weight excluding hydrogens is 248 g/mol. The van der Waals surface area contributed by atoms with Crippen molar-refractivity contribution < 1.29 is 9.53 Å². The molecule has 2 amide bonds. The van der Waals surface area contributed by atoms with Gasteiger partial charge < -0.3 is 15.8 Å². The fourth-order valence-corrected chi connectivity index (χ4v) is 1.49. The third-order valence-corrected chi connectivity index (χ3v) is 2.12. The third kappa shape index (κ3) is 2.92. The minimum absolute atomic E-state index is 0.582. The maximum absolute atomic E-state index is 10.6. The van der Waals surface area contributed by atoms with Crippen molar-refractivity contribution in [1.29, 1.82) is 0 Å². The van der Waals surface area contributed by atoms with Crippen LogP contribution in [-0.4, -0.2) is 12.6 Å². The lowest BCUT2D eigenvalue weighted by Gasteiger charge is -2.07. The number of amides is 2. The van der Waals surface area contributed by atoms with E-state index in [0.717, 1.165) is 10.2 Å². The topological polar surface area (TPSA) is 64.3 Å². The molecule has 0 atom stereocenters. The molecule has 0 aromatic heterocycles. The van der Waals surface area contributed by atoms with Gasteiger partial charge in [0.15, 0.2) is 0 Å². The van der Waals surface area contributed by atoms with Gasteiger partial charge in [-0.15, -0.1) is 0 Å². The fourth-order valence-electron chi connectivity index (χ4n) is 0.993. The van der Waals surface area contributed by atoms with E-state index in [-0.39, 0.29) is 0 Å². The Morgan fingerprint density at radius 2 is 2.36 bits per heavy atom. The summed E-state index contributed by atoms with van der Waals surface area (Å²) in [6, 6.07) is 4.64. The molecular formula is C9H11BrN2O2. The van der Waals surface area contributed by atoms with Crippen LogP contribution in [0.4, 0.5) is 10.5 Å². The van der Waals surface area contributed by atoms with Crippen molar-refractivity contribution in [3.8, 4) is 5.75 Å². The van der Waals surface area contributed by atoms with Gasteiger partial charge >= 0.3 is 6.03 Å². The number of ether oxygens (including phenoxy) is 1. The van der Waals surface area contributed by atoms with Gasteiger partial charge in [-0.2, -0.15) is 0 Å². The van der Waals surface area contributed by atoms with Gasteiger partial charge in [-0.25, -0.2) is 4.79 Å². The highest BCUT2D eigenvalue weighted by atomic mass is 79.9. The molecule has 3 N–H and O–H groups in total. The van der Waals surface area contributed by atoms with Crippen molar-refractivity contribution in [2.45, 2.75) is 6.92 Å². The minimum atomic E-state index is -0.582. The highest BCUT2D eigenvalue weighted by Gasteiger charge is 2.02. The predicted molar refractivity (Wildman–Crippen MR) is 58.5 cm³/mol. The van der Waals surface area contributed by atoms with Crippen molar-refractivity contribution in [3.05, 3.63) is 22.7 Å². The molecule has 76 valence electrons. The number of rotatable bonds is 3. The summed E-state index contributed by atoms with van der Waals surface area (Å²) in [7, 11) is 0. The minimum Gasteiger partial charge on any atom is -0.493 e. The molecule has 0 aliphatic heterocycles. The normalized spacial score (nSPS) is 9.57. The molecule has 0 saturated heterocycles. The highest BCUT2D eigenvalue weighted by Crippen LogP contribution is 2.27. The van der Waals surface area contributed by atoms with E-state index in [1.807, 2.05) is 6.92 Å². The van der Waals surface area contributed by atoms with Crippen LogP contribution in [0.5, 0.6) is 5.75 Å². The second-order valence-electron chi connectivity index (χ2n) is 2.57. The van der Waals surface area contributed by atoms with Crippen LogP contribution in [0.25, 0.3) is 0 Å². The Morgan fingerprint density at radius 3 is 2.86 bits per heavy atom. The maximum Gasteiger partial charge on any atom is 0.316 e. The van der Waals surface area contributed by atoms with E-state index in [1.54, 1.807) is 18.2 Å². The Morgan fingerprint density at radius 1 is 1.64 bits per heavy atom. The molecule has 1 rings (SSSR count). The summed E-state index contributed by atoms with van der Waals surface area (Å²) in [5, 5.41) is 2.47. The summed E-state index contributed by atoms with van der Waals surface area (Å²) in [5.41, 5.74) is 5.61. The number of primary amides is 1. The SMILES string of the molecule is CCOc1ccc(NC(N)=O)cc1Br. The number of hydrogen-bond acceptors (Lipinski definition) is 2. The Labute approximate surface area is 90.6 Å². The number of halogens is 1. The molecule has 14 heavy (non-hydrogen) atoms. The molecule has 4 nitrogen and oxygen atoms in total. The van der Waals surface area contributed by atoms with Gasteiger partial charge in [-0.1, -0.05) is 0 Å². The van der Waals surface area contributed by atoms with Crippen LogP contribution in [0, 0.1) is 0 Å². The summed E-state index contributed by atoms with van der Waals surface area (Å²) < 4.78 is 6.09. The van der Waals surface area contributed by atoms with Gasteiger partial charge in [-0.3, -0.25) is 0 Å². The quantitative estimate of drug-likeness (QED) is 0.874. The average Bonchev–Trinajstić information content (AvgIpc) is 2.09. The van der Waals surface area contributed by atoms with Crippen molar-refractivity contribution in [2.75, 3.05) is 11.9 Å². The lowest BCUT2D eigenvalue weighted by atomic mass is 10.3. The molecule has 0 fully saturated rings. The fraction of sp³-hybridized carbons (Fsp3) is 0.222. The van der Waals surface area contributed by atoms with Gasteiger partial charge in [0.25, 0.3) is 0 Å². The molecule has 0 spiro atoms. The molecule has 1 aromatic carbocycles. The summed E-state index contributed by atoms with van der Waals surface area (Å²) in [4.78, 5) is 10.6. The van der Waals surface area contributed by atoms with Gasteiger partial charge in [0, 0.05) is 5.69 Å². The molecule has 0 radical (unpaired) electrons. The lowest BCUT2D eigenvalue weighted by Crippen LogP contribution is -2.19. The smallest absolute Gasteiger partial charge is 0.316 e. The van der Waals surface area contributed by atoms with Gasteiger partial charge in [0.1, 0.15) is 5.75 Å². The Hall–Kier alpha value is -1.23. The zero-order chi connectivity index (χ0) is 10.6. The number of anilines is 1. The van der Waals surface area contributed by atoms with Gasteiger partial charge in [-0.05, 0) is 41.1 Å². The van der Waals surface area contributed by atoms with Gasteiger partial charge in [0.05, 0.1) is 11.1 Å². The second kappa shape index (κ2) is 4.85. The van der Waals surface area contributed by atoms with E-state index in [4.69, 9.17) is 10.5 Å².